The van der Waals surface area contributed by atoms with E-state index in [1.54, 1.807) is 52.0 Å². The molecule has 0 aliphatic carbocycles. The van der Waals surface area contributed by atoms with Gasteiger partial charge in [-0.3, -0.25) is 14.5 Å². The van der Waals surface area contributed by atoms with E-state index < -0.39 is 23.8 Å². The van der Waals surface area contributed by atoms with Crippen LogP contribution in [0.4, 0.5) is 16.2 Å². The van der Waals surface area contributed by atoms with Gasteiger partial charge in [0.15, 0.2) is 0 Å². The summed E-state index contributed by atoms with van der Waals surface area (Å²) < 4.78 is 6.87. The van der Waals surface area contributed by atoms with Crippen molar-refractivity contribution in [3.63, 3.8) is 0 Å². The predicted molar refractivity (Wildman–Crippen MR) is 114 cm³/mol. The van der Waals surface area contributed by atoms with Crippen LogP contribution in [0.1, 0.15) is 46.6 Å². The lowest BCUT2D eigenvalue weighted by molar-refractivity contribution is -0.120. The van der Waals surface area contributed by atoms with Crippen molar-refractivity contribution in [1.29, 1.82) is 0 Å². The van der Waals surface area contributed by atoms with E-state index in [9.17, 15) is 14.4 Å². The normalized spacial score (nSPS) is 17.2. The first-order valence-electron chi connectivity index (χ1n) is 10.2. The van der Waals surface area contributed by atoms with Crippen LogP contribution in [0.15, 0.2) is 36.9 Å². The van der Waals surface area contributed by atoms with Crippen LogP contribution in [0.3, 0.4) is 0 Å². The maximum Gasteiger partial charge on any atom is 0.410 e. The summed E-state index contributed by atoms with van der Waals surface area (Å²) in [6.07, 6.45) is 3.69. The number of nitrogens with zero attached hydrogens (tertiary/aromatic N) is 4. The van der Waals surface area contributed by atoms with Gasteiger partial charge in [-0.05, 0) is 64.8 Å². The average molecular weight is 428 g/mol. The third-order valence-electron chi connectivity index (χ3n) is 4.82. The molecule has 1 fully saturated rings. The molecule has 1 aliphatic heterocycles. The molecule has 3 amide bonds. The predicted octanol–water partition coefficient (Wildman–Crippen LogP) is 2.82. The van der Waals surface area contributed by atoms with Gasteiger partial charge in [-0.2, -0.15) is 5.10 Å². The van der Waals surface area contributed by atoms with Crippen LogP contribution in [-0.4, -0.2) is 55.8 Å². The summed E-state index contributed by atoms with van der Waals surface area (Å²) in [5.41, 5.74) is 0.543. The fourth-order valence-electron chi connectivity index (χ4n) is 3.23. The average Bonchev–Trinajstić information content (AvgIpc) is 3.39. The summed E-state index contributed by atoms with van der Waals surface area (Å²) in [5.74, 6) is -0.499. The molecule has 2 N–H and O–H groups in total. The van der Waals surface area contributed by atoms with Gasteiger partial charge in [0.2, 0.25) is 11.8 Å². The molecule has 0 saturated carbocycles. The Morgan fingerprint density at radius 3 is 2.35 bits per heavy atom. The number of carbonyl (C=O) groups excluding carboxylic acids is 3. The molecule has 1 aromatic heterocycles. The summed E-state index contributed by atoms with van der Waals surface area (Å²) in [6.45, 7) is 7.59. The lowest BCUT2D eigenvalue weighted by Gasteiger charge is -2.28. The first-order valence-corrected chi connectivity index (χ1v) is 10.2. The minimum Gasteiger partial charge on any atom is -0.444 e. The molecule has 1 aliphatic rings. The van der Waals surface area contributed by atoms with Crippen molar-refractivity contribution >= 4 is 29.3 Å². The summed E-state index contributed by atoms with van der Waals surface area (Å²) in [7, 11) is 0. The highest BCUT2D eigenvalue weighted by Crippen LogP contribution is 2.23. The summed E-state index contributed by atoms with van der Waals surface area (Å²) >= 11 is 0. The fraction of sp³-hybridized carbons (Fsp3) is 0.476. The van der Waals surface area contributed by atoms with E-state index in [-0.39, 0.29) is 11.8 Å². The van der Waals surface area contributed by atoms with Crippen molar-refractivity contribution in [3.8, 4) is 0 Å². The van der Waals surface area contributed by atoms with Crippen LogP contribution in [0, 0.1) is 0 Å². The van der Waals surface area contributed by atoms with Crippen molar-refractivity contribution in [2.24, 2.45) is 0 Å². The monoisotopic (exact) mass is 428 g/mol. The van der Waals surface area contributed by atoms with Crippen molar-refractivity contribution in [2.75, 3.05) is 17.2 Å². The van der Waals surface area contributed by atoms with E-state index in [4.69, 9.17) is 4.74 Å². The minimum absolute atomic E-state index is 0.235. The van der Waals surface area contributed by atoms with Gasteiger partial charge >= 0.3 is 6.09 Å². The highest BCUT2D eigenvalue weighted by Gasteiger charge is 2.36. The molecule has 1 aromatic carbocycles. The van der Waals surface area contributed by atoms with Gasteiger partial charge in [0.1, 0.15) is 30.3 Å². The topological polar surface area (TPSA) is 118 Å². The summed E-state index contributed by atoms with van der Waals surface area (Å²) in [6, 6.07) is 5.70. The molecular formula is C21H28N6O4. The number of benzene rings is 1. The van der Waals surface area contributed by atoms with Gasteiger partial charge in [-0.1, -0.05) is 0 Å². The number of hydrogen-bond acceptors (Lipinski definition) is 6. The van der Waals surface area contributed by atoms with Crippen LogP contribution < -0.4 is 10.6 Å². The molecule has 1 saturated heterocycles. The molecular weight excluding hydrogens is 400 g/mol. The highest BCUT2D eigenvalue weighted by atomic mass is 16.6. The van der Waals surface area contributed by atoms with E-state index in [1.165, 1.54) is 22.2 Å². The largest absolute Gasteiger partial charge is 0.444 e. The van der Waals surface area contributed by atoms with Crippen molar-refractivity contribution in [2.45, 2.75) is 58.2 Å². The quantitative estimate of drug-likeness (QED) is 0.756. The summed E-state index contributed by atoms with van der Waals surface area (Å²) in [5, 5.41) is 9.60. The first kappa shape index (κ1) is 22.3. The number of carbonyl (C=O) groups is 3. The van der Waals surface area contributed by atoms with Crippen molar-refractivity contribution in [3.05, 3.63) is 36.9 Å². The first-order chi connectivity index (χ1) is 14.6. The van der Waals surface area contributed by atoms with Crippen LogP contribution >= 0.6 is 0 Å². The minimum atomic E-state index is -0.619. The molecule has 0 spiro atoms. The number of likely N-dealkylation sites (tertiary alicyclic amines) is 1. The van der Waals surface area contributed by atoms with Gasteiger partial charge in [0, 0.05) is 17.9 Å². The van der Waals surface area contributed by atoms with Crippen LogP contribution in [0.5, 0.6) is 0 Å². The third-order valence-corrected chi connectivity index (χ3v) is 4.82. The Morgan fingerprint density at radius 1 is 1.13 bits per heavy atom. The van der Waals surface area contributed by atoms with Gasteiger partial charge in [0.25, 0.3) is 0 Å². The zero-order valence-corrected chi connectivity index (χ0v) is 18.2. The molecule has 2 heterocycles. The Hall–Kier alpha value is -3.43. The second kappa shape index (κ2) is 9.15. The zero-order valence-electron chi connectivity index (χ0n) is 18.2. The lowest BCUT2D eigenvalue weighted by Crippen LogP contribution is -2.45. The van der Waals surface area contributed by atoms with Gasteiger partial charge in [-0.15, -0.1) is 0 Å². The second-order valence-electron chi connectivity index (χ2n) is 8.44. The Morgan fingerprint density at radius 2 is 1.77 bits per heavy atom. The Bertz CT molecular complexity index is 920. The number of rotatable bonds is 5. The second-order valence-corrected chi connectivity index (χ2v) is 8.44. The van der Waals surface area contributed by atoms with Crippen molar-refractivity contribution < 1.29 is 19.1 Å². The number of nitrogens with one attached hydrogen (secondary N) is 2. The number of amides is 3. The molecule has 2 atom stereocenters. The van der Waals surface area contributed by atoms with E-state index >= 15 is 0 Å². The van der Waals surface area contributed by atoms with Gasteiger partial charge in [-0.25, -0.2) is 14.5 Å². The Labute approximate surface area is 181 Å². The molecule has 1 unspecified atom stereocenters. The maximum absolute atomic E-state index is 12.7. The SMILES string of the molecule is CC(C(=O)Nc1ccc(NC(=O)[C@@H]2CCCN2C(=O)OC(C)(C)C)cc1)n1cncn1. The zero-order chi connectivity index (χ0) is 22.6. The molecule has 31 heavy (non-hydrogen) atoms. The molecule has 3 rings (SSSR count). The molecule has 166 valence electrons. The Balaban J connectivity index is 1.57. The Kier molecular flexibility index (Phi) is 6.57. The van der Waals surface area contributed by atoms with E-state index in [0.29, 0.717) is 24.3 Å². The smallest absolute Gasteiger partial charge is 0.410 e. The van der Waals surface area contributed by atoms with E-state index in [2.05, 4.69) is 20.7 Å². The van der Waals surface area contributed by atoms with Crippen LogP contribution in [0.25, 0.3) is 0 Å². The third kappa shape index (κ3) is 5.80. The number of ether oxygens (including phenoxy) is 1. The van der Waals surface area contributed by atoms with E-state index in [0.717, 1.165) is 6.42 Å². The van der Waals surface area contributed by atoms with Gasteiger partial charge < -0.3 is 15.4 Å². The molecule has 0 radical (unpaired) electrons. The number of aromatic nitrogens is 3. The molecule has 0 bridgehead atoms. The maximum atomic E-state index is 12.7. The standard InChI is InChI=1S/C21H28N6O4/c1-14(27-13-22-12-23-27)18(28)24-15-7-9-16(10-8-15)25-19(29)17-6-5-11-26(17)20(30)31-21(2,3)4/h7-10,12-14,17H,5-6,11H2,1-4H3,(H,24,28)(H,25,29)/t14?,17-/m0/s1. The molecule has 10 nitrogen and oxygen atoms in total. The van der Waals surface area contributed by atoms with Crippen LogP contribution in [-0.2, 0) is 14.3 Å². The number of anilines is 2. The lowest BCUT2D eigenvalue weighted by atomic mass is 10.2. The highest BCUT2D eigenvalue weighted by molar-refractivity contribution is 5.97. The fourth-order valence-corrected chi connectivity index (χ4v) is 3.23. The van der Waals surface area contributed by atoms with E-state index in [1.807, 2.05) is 0 Å². The van der Waals surface area contributed by atoms with Crippen LogP contribution in [0.2, 0.25) is 0 Å². The van der Waals surface area contributed by atoms with Crippen molar-refractivity contribution in [1.82, 2.24) is 19.7 Å². The summed E-state index contributed by atoms with van der Waals surface area (Å²) in [4.78, 5) is 42.8. The van der Waals surface area contributed by atoms with Gasteiger partial charge in [0.05, 0.1) is 0 Å². The molecule has 10 heteroatoms. The number of hydrogen-bond donors (Lipinski definition) is 2. The molecule has 2 aromatic rings.